The maximum atomic E-state index is 13.5. The van der Waals surface area contributed by atoms with E-state index in [4.69, 9.17) is 0 Å². The van der Waals surface area contributed by atoms with E-state index in [1.54, 1.807) is 18.0 Å². The van der Waals surface area contributed by atoms with Crippen LogP contribution in [0.3, 0.4) is 0 Å². The van der Waals surface area contributed by atoms with Gasteiger partial charge in [-0.2, -0.15) is 0 Å². The van der Waals surface area contributed by atoms with Gasteiger partial charge < -0.3 is 10.2 Å². The van der Waals surface area contributed by atoms with E-state index in [0.29, 0.717) is 19.4 Å². The molecule has 0 radical (unpaired) electrons. The molecule has 1 aromatic heterocycles. The third-order valence-electron chi connectivity index (χ3n) is 4.49. The Labute approximate surface area is 151 Å². The van der Waals surface area contributed by atoms with Crippen LogP contribution >= 0.6 is 0 Å². The number of hydrogen-bond acceptors (Lipinski definition) is 4. The second-order valence-electron chi connectivity index (χ2n) is 6.52. The van der Waals surface area contributed by atoms with Crippen molar-refractivity contribution in [3.8, 4) is 0 Å². The summed E-state index contributed by atoms with van der Waals surface area (Å²) >= 11 is 0. The summed E-state index contributed by atoms with van der Waals surface area (Å²) in [7, 11) is 1.68. The van der Waals surface area contributed by atoms with Crippen LogP contribution in [0.15, 0.2) is 30.5 Å². The van der Waals surface area contributed by atoms with E-state index in [1.807, 2.05) is 6.07 Å². The van der Waals surface area contributed by atoms with E-state index in [2.05, 4.69) is 15.6 Å². The smallest absolute Gasteiger partial charge is 0.273 e. The quantitative estimate of drug-likeness (QED) is 0.843. The zero-order chi connectivity index (χ0) is 18.5. The van der Waals surface area contributed by atoms with Gasteiger partial charge in [0.2, 0.25) is 5.91 Å². The Morgan fingerprint density at radius 2 is 2.23 bits per heavy atom. The number of halogens is 1. The molecule has 1 saturated heterocycles. The van der Waals surface area contributed by atoms with Crippen molar-refractivity contribution in [3.63, 3.8) is 0 Å². The van der Waals surface area contributed by atoms with E-state index in [-0.39, 0.29) is 35.9 Å². The first kappa shape index (κ1) is 18.0. The minimum absolute atomic E-state index is 0.0754. The fourth-order valence-corrected chi connectivity index (χ4v) is 3.19. The van der Waals surface area contributed by atoms with Gasteiger partial charge in [-0.25, -0.2) is 4.39 Å². The highest BCUT2D eigenvalue weighted by molar-refractivity contribution is 5.91. The number of hydrogen-bond donors (Lipinski definition) is 1. The molecule has 7 nitrogen and oxygen atoms in total. The maximum Gasteiger partial charge on any atom is 0.273 e. The lowest BCUT2D eigenvalue weighted by Gasteiger charge is -2.35. The number of nitrogens with one attached hydrogen (secondary N) is 1. The first-order valence-corrected chi connectivity index (χ1v) is 8.71. The largest absolute Gasteiger partial charge is 0.349 e. The standard InChI is InChI=1S/C18H22FN5O2/c1-23-12-16(21-22-23)18(26)20-11-15(24-8-3-2-7-17(24)25)10-13-5-4-6-14(19)9-13/h4-6,9,12,15H,2-3,7-8,10-11H2,1H3,(H,20,26)/t15-/m0/s1. The van der Waals surface area contributed by atoms with Crippen LogP contribution in [0.1, 0.15) is 35.3 Å². The molecule has 1 aliphatic rings. The molecule has 26 heavy (non-hydrogen) atoms. The molecule has 0 aliphatic carbocycles. The second-order valence-corrected chi connectivity index (χ2v) is 6.52. The Hall–Kier alpha value is -2.77. The van der Waals surface area contributed by atoms with Crippen molar-refractivity contribution in [1.82, 2.24) is 25.2 Å². The highest BCUT2D eigenvalue weighted by Gasteiger charge is 2.27. The summed E-state index contributed by atoms with van der Waals surface area (Å²) in [6.45, 7) is 0.928. The molecule has 1 atom stereocenters. The number of piperidine rings is 1. The number of rotatable bonds is 6. The van der Waals surface area contributed by atoms with Crippen molar-refractivity contribution < 1.29 is 14.0 Å². The van der Waals surface area contributed by atoms with Gasteiger partial charge in [-0.05, 0) is 37.0 Å². The number of benzene rings is 1. The summed E-state index contributed by atoms with van der Waals surface area (Å²) in [5.74, 6) is -0.576. The lowest BCUT2D eigenvalue weighted by Crippen LogP contribution is -2.50. The van der Waals surface area contributed by atoms with Crippen molar-refractivity contribution in [2.45, 2.75) is 31.7 Å². The molecule has 0 spiro atoms. The van der Waals surface area contributed by atoms with E-state index in [9.17, 15) is 14.0 Å². The lowest BCUT2D eigenvalue weighted by molar-refractivity contribution is -0.135. The first-order valence-electron chi connectivity index (χ1n) is 8.71. The summed E-state index contributed by atoms with van der Waals surface area (Å²) < 4.78 is 15.0. The van der Waals surface area contributed by atoms with Crippen LogP contribution in [0, 0.1) is 5.82 Å². The van der Waals surface area contributed by atoms with Gasteiger partial charge >= 0.3 is 0 Å². The molecule has 0 saturated carbocycles. The number of nitrogens with zero attached hydrogens (tertiary/aromatic N) is 4. The van der Waals surface area contributed by atoms with Crippen molar-refractivity contribution in [2.24, 2.45) is 7.05 Å². The molecule has 1 aliphatic heterocycles. The van der Waals surface area contributed by atoms with Crippen LogP contribution in [-0.4, -0.2) is 50.8 Å². The van der Waals surface area contributed by atoms with Crippen LogP contribution in [0.25, 0.3) is 0 Å². The minimum atomic E-state index is -0.341. The molecular formula is C18H22FN5O2. The zero-order valence-corrected chi connectivity index (χ0v) is 14.7. The molecule has 0 unspecified atom stereocenters. The van der Waals surface area contributed by atoms with Crippen LogP contribution < -0.4 is 5.32 Å². The van der Waals surface area contributed by atoms with Gasteiger partial charge in [0, 0.05) is 26.6 Å². The molecule has 2 heterocycles. The molecule has 2 aromatic rings. The van der Waals surface area contributed by atoms with Gasteiger partial charge in [-0.3, -0.25) is 14.3 Å². The second kappa shape index (κ2) is 8.07. The Kier molecular flexibility index (Phi) is 5.60. The molecule has 8 heteroatoms. The predicted octanol–water partition coefficient (Wildman–Crippen LogP) is 1.31. The van der Waals surface area contributed by atoms with Crippen LogP contribution in [-0.2, 0) is 18.3 Å². The van der Waals surface area contributed by atoms with Crippen LogP contribution in [0.2, 0.25) is 0 Å². The summed E-state index contributed by atoms with van der Waals surface area (Å²) in [6, 6.07) is 6.10. The van der Waals surface area contributed by atoms with E-state index in [1.165, 1.54) is 23.0 Å². The molecule has 2 amide bonds. The Balaban J connectivity index is 1.71. The highest BCUT2D eigenvalue weighted by Crippen LogP contribution is 2.17. The van der Waals surface area contributed by atoms with Gasteiger partial charge in [0.15, 0.2) is 5.69 Å². The number of carbonyl (C=O) groups is 2. The van der Waals surface area contributed by atoms with Crippen molar-refractivity contribution in [3.05, 3.63) is 47.5 Å². The van der Waals surface area contributed by atoms with Crippen molar-refractivity contribution in [2.75, 3.05) is 13.1 Å². The summed E-state index contributed by atoms with van der Waals surface area (Å²) in [6.07, 6.45) is 4.34. The third kappa shape index (κ3) is 4.44. The number of carbonyl (C=O) groups excluding carboxylic acids is 2. The number of likely N-dealkylation sites (tertiary alicyclic amines) is 1. The van der Waals surface area contributed by atoms with E-state index >= 15 is 0 Å². The molecular weight excluding hydrogens is 337 g/mol. The zero-order valence-electron chi connectivity index (χ0n) is 14.7. The van der Waals surface area contributed by atoms with E-state index in [0.717, 1.165) is 18.4 Å². The van der Waals surface area contributed by atoms with Gasteiger partial charge in [0.1, 0.15) is 5.82 Å². The fraction of sp³-hybridized carbons (Fsp3) is 0.444. The van der Waals surface area contributed by atoms with Gasteiger partial charge in [-0.1, -0.05) is 17.3 Å². The number of aromatic nitrogens is 3. The molecule has 138 valence electrons. The van der Waals surface area contributed by atoms with Gasteiger partial charge in [-0.15, -0.1) is 5.10 Å². The normalized spacial score (nSPS) is 15.8. The number of aryl methyl sites for hydroxylation is 1. The SMILES string of the molecule is Cn1cc(C(=O)NC[C@H](Cc2cccc(F)c2)N2CCCCC2=O)nn1. The topological polar surface area (TPSA) is 80.1 Å². The average Bonchev–Trinajstić information content (AvgIpc) is 3.05. The molecule has 3 rings (SSSR count). The summed E-state index contributed by atoms with van der Waals surface area (Å²) in [5, 5.41) is 10.4. The Morgan fingerprint density at radius 1 is 1.38 bits per heavy atom. The van der Waals surface area contributed by atoms with Crippen molar-refractivity contribution >= 4 is 11.8 Å². The Morgan fingerprint density at radius 3 is 2.92 bits per heavy atom. The monoisotopic (exact) mass is 359 g/mol. The fourth-order valence-electron chi connectivity index (χ4n) is 3.19. The molecule has 0 bridgehead atoms. The molecule has 1 N–H and O–H groups in total. The average molecular weight is 359 g/mol. The van der Waals surface area contributed by atoms with E-state index < -0.39 is 0 Å². The molecule has 1 aromatic carbocycles. The van der Waals surface area contributed by atoms with Gasteiger partial charge in [0.25, 0.3) is 5.91 Å². The lowest BCUT2D eigenvalue weighted by atomic mass is 10.0. The summed E-state index contributed by atoms with van der Waals surface area (Å²) in [4.78, 5) is 26.4. The predicted molar refractivity (Wildman–Crippen MR) is 92.8 cm³/mol. The van der Waals surface area contributed by atoms with Crippen LogP contribution in [0.4, 0.5) is 4.39 Å². The first-order chi connectivity index (χ1) is 12.5. The maximum absolute atomic E-state index is 13.5. The van der Waals surface area contributed by atoms with Crippen molar-refractivity contribution in [1.29, 1.82) is 0 Å². The van der Waals surface area contributed by atoms with Crippen LogP contribution in [0.5, 0.6) is 0 Å². The van der Waals surface area contributed by atoms with Gasteiger partial charge in [0.05, 0.1) is 12.2 Å². The third-order valence-corrected chi connectivity index (χ3v) is 4.49. The number of amides is 2. The molecule has 1 fully saturated rings. The highest BCUT2D eigenvalue weighted by atomic mass is 19.1. The summed E-state index contributed by atoms with van der Waals surface area (Å²) in [5.41, 5.74) is 1.02. The Bertz CT molecular complexity index is 791. The minimum Gasteiger partial charge on any atom is -0.349 e.